The van der Waals surface area contributed by atoms with Gasteiger partial charge in [-0.3, -0.25) is 0 Å². The van der Waals surface area contributed by atoms with Gasteiger partial charge in [0.1, 0.15) is 0 Å². The van der Waals surface area contributed by atoms with Gasteiger partial charge in [0.05, 0.1) is 0 Å². The number of benzene rings is 1. The van der Waals surface area contributed by atoms with Gasteiger partial charge in [-0.05, 0) is 69.1 Å². The van der Waals surface area contributed by atoms with Crippen molar-refractivity contribution >= 4 is 23.2 Å². The second kappa shape index (κ2) is 7.65. The number of hydrogen-bond donors (Lipinski definition) is 1. The van der Waals surface area contributed by atoms with Crippen LogP contribution in [0.2, 0.25) is 10.0 Å². The Morgan fingerprint density at radius 2 is 1.85 bits per heavy atom. The van der Waals surface area contributed by atoms with Gasteiger partial charge in [-0.1, -0.05) is 36.2 Å². The zero-order valence-corrected chi connectivity index (χ0v) is 13.6. The predicted molar refractivity (Wildman–Crippen MR) is 87.7 cm³/mol. The highest BCUT2D eigenvalue weighted by Gasteiger charge is 2.29. The molecule has 2 rings (SSSR count). The highest BCUT2D eigenvalue weighted by atomic mass is 35.5. The summed E-state index contributed by atoms with van der Waals surface area (Å²) in [6, 6.07) is 5.72. The zero-order valence-electron chi connectivity index (χ0n) is 12.1. The molecule has 0 amide bonds. The number of nitrogens with two attached hydrogens (primary N) is 1. The predicted octanol–water partition coefficient (Wildman–Crippen LogP) is 4.16. The molecule has 1 aliphatic heterocycles. The summed E-state index contributed by atoms with van der Waals surface area (Å²) in [5.74, 6) is 0.866. The van der Waals surface area contributed by atoms with Crippen molar-refractivity contribution in [3.8, 4) is 0 Å². The monoisotopic (exact) mass is 314 g/mol. The molecule has 0 aromatic heterocycles. The van der Waals surface area contributed by atoms with Gasteiger partial charge < -0.3 is 10.6 Å². The molecule has 1 aromatic rings. The van der Waals surface area contributed by atoms with Crippen LogP contribution in [0.5, 0.6) is 0 Å². The highest BCUT2D eigenvalue weighted by Crippen LogP contribution is 2.39. The maximum atomic E-state index is 6.35. The van der Waals surface area contributed by atoms with Gasteiger partial charge in [0.25, 0.3) is 0 Å². The smallest absolute Gasteiger partial charge is 0.0456 e. The lowest BCUT2D eigenvalue weighted by atomic mass is 9.80. The molecule has 4 heteroatoms. The fraction of sp³-hybridized carbons (Fsp3) is 0.625. The Labute approximate surface area is 132 Å². The molecule has 1 fully saturated rings. The lowest BCUT2D eigenvalue weighted by Crippen LogP contribution is -2.37. The van der Waals surface area contributed by atoms with Crippen LogP contribution in [0.25, 0.3) is 0 Å². The fourth-order valence-electron chi connectivity index (χ4n) is 3.31. The van der Waals surface area contributed by atoms with Crippen LogP contribution in [0.3, 0.4) is 0 Å². The molecule has 0 spiro atoms. The molecule has 1 unspecified atom stereocenters. The largest absolute Gasteiger partial charge is 0.330 e. The molecule has 1 aliphatic rings. The van der Waals surface area contributed by atoms with E-state index in [0.29, 0.717) is 12.5 Å². The lowest BCUT2D eigenvalue weighted by molar-refractivity contribution is 0.169. The van der Waals surface area contributed by atoms with E-state index < -0.39 is 0 Å². The van der Waals surface area contributed by atoms with Crippen molar-refractivity contribution in [3.63, 3.8) is 0 Å². The maximum Gasteiger partial charge on any atom is 0.0456 e. The van der Waals surface area contributed by atoms with Crippen LogP contribution in [0, 0.1) is 5.92 Å². The summed E-state index contributed by atoms with van der Waals surface area (Å²) in [5.41, 5.74) is 7.08. The van der Waals surface area contributed by atoms with E-state index in [2.05, 4.69) is 11.8 Å². The molecule has 1 atom stereocenters. The van der Waals surface area contributed by atoms with Crippen molar-refractivity contribution < 1.29 is 0 Å². The molecule has 0 bridgehead atoms. The number of piperidine rings is 1. The first kappa shape index (κ1) is 16.1. The lowest BCUT2D eigenvalue weighted by Gasteiger charge is -2.36. The fourth-order valence-corrected chi connectivity index (χ4v) is 3.98. The van der Waals surface area contributed by atoms with Gasteiger partial charge in [0.15, 0.2) is 0 Å². The molecular weight excluding hydrogens is 291 g/mol. The summed E-state index contributed by atoms with van der Waals surface area (Å²) in [7, 11) is 0. The van der Waals surface area contributed by atoms with Crippen LogP contribution in [0.1, 0.15) is 37.7 Å². The Bertz CT molecular complexity index is 408. The van der Waals surface area contributed by atoms with Crippen LogP contribution in [0.4, 0.5) is 0 Å². The van der Waals surface area contributed by atoms with Crippen molar-refractivity contribution in [1.29, 1.82) is 0 Å². The molecule has 0 aliphatic carbocycles. The number of hydrogen-bond acceptors (Lipinski definition) is 2. The maximum absolute atomic E-state index is 6.35. The molecule has 1 aromatic carbocycles. The topological polar surface area (TPSA) is 29.3 Å². The SMILES string of the molecule is CCCN1CCC(C(CN)c2c(Cl)cccc2Cl)CC1. The van der Waals surface area contributed by atoms with E-state index >= 15 is 0 Å². The highest BCUT2D eigenvalue weighted by molar-refractivity contribution is 6.36. The Morgan fingerprint density at radius 3 is 2.35 bits per heavy atom. The quantitative estimate of drug-likeness (QED) is 0.884. The molecule has 2 nitrogen and oxygen atoms in total. The van der Waals surface area contributed by atoms with E-state index in [0.717, 1.165) is 28.7 Å². The summed E-state index contributed by atoms with van der Waals surface area (Å²) in [5, 5.41) is 1.51. The number of likely N-dealkylation sites (tertiary alicyclic amines) is 1. The summed E-state index contributed by atoms with van der Waals surface area (Å²) in [6.07, 6.45) is 3.59. The Balaban J connectivity index is 2.10. The second-order valence-corrected chi connectivity index (χ2v) is 6.47. The average molecular weight is 315 g/mol. The van der Waals surface area contributed by atoms with Gasteiger partial charge >= 0.3 is 0 Å². The van der Waals surface area contributed by atoms with Gasteiger partial charge in [0, 0.05) is 16.0 Å². The third kappa shape index (κ3) is 3.67. The van der Waals surface area contributed by atoms with E-state index in [-0.39, 0.29) is 5.92 Å². The van der Waals surface area contributed by atoms with Crippen LogP contribution in [0.15, 0.2) is 18.2 Å². The Hall–Kier alpha value is -0.280. The van der Waals surface area contributed by atoms with Crippen molar-refractivity contribution in [1.82, 2.24) is 4.90 Å². The van der Waals surface area contributed by atoms with Crippen LogP contribution in [-0.2, 0) is 0 Å². The minimum Gasteiger partial charge on any atom is -0.330 e. The average Bonchev–Trinajstić information content (AvgIpc) is 2.45. The zero-order chi connectivity index (χ0) is 14.5. The summed E-state index contributed by atoms with van der Waals surface area (Å²) >= 11 is 12.7. The van der Waals surface area contributed by atoms with E-state index in [1.807, 2.05) is 18.2 Å². The molecule has 112 valence electrons. The van der Waals surface area contributed by atoms with Crippen LogP contribution in [-0.4, -0.2) is 31.1 Å². The summed E-state index contributed by atoms with van der Waals surface area (Å²) in [6.45, 7) is 6.38. The van der Waals surface area contributed by atoms with E-state index in [1.165, 1.54) is 25.8 Å². The normalized spacial score (nSPS) is 19.2. The Morgan fingerprint density at radius 1 is 1.25 bits per heavy atom. The molecule has 1 heterocycles. The van der Waals surface area contributed by atoms with Gasteiger partial charge in [-0.2, -0.15) is 0 Å². The summed E-state index contributed by atoms with van der Waals surface area (Å²) in [4.78, 5) is 2.54. The van der Waals surface area contributed by atoms with Crippen molar-refractivity contribution in [3.05, 3.63) is 33.8 Å². The van der Waals surface area contributed by atoms with Crippen molar-refractivity contribution in [2.75, 3.05) is 26.2 Å². The third-order valence-electron chi connectivity index (χ3n) is 4.37. The number of halogens is 2. The van der Waals surface area contributed by atoms with Crippen LogP contribution >= 0.6 is 23.2 Å². The van der Waals surface area contributed by atoms with Gasteiger partial charge in [0.2, 0.25) is 0 Å². The summed E-state index contributed by atoms with van der Waals surface area (Å²) < 4.78 is 0. The standard InChI is InChI=1S/C16H24Cl2N2/c1-2-8-20-9-6-12(7-10-20)13(11-19)16-14(17)4-3-5-15(16)18/h3-5,12-13H,2,6-11,19H2,1H3. The first-order chi connectivity index (χ1) is 9.67. The first-order valence-corrected chi connectivity index (χ1v) is 8.29. The molecular formula is C16H24Cl2N2. The second-order valence-electron chi connectivity index (χ2n) is 5.66. The van der Waals surface area contributed by atoms with Crippen molar-refractivity contribution in [2.45, 2.75) is 32.1 Å². The molecule has 20 heavy (non-hydrogen) atoms. The van der Waals surface area contributed by atoms with E-state index in [9.17, 15) is 0 Å². The van der Waals surface area contributed by atoms with Gasteiger partial charge in [-0.15, -0.1) is 0 Å². The molecule has 0 saturated carbocycles. The van der Waals surface area contributed by atoms with Crippen molar-refractivity contribution in [2.24, 2.45) is 11.7 Å². The van der Waals surface area contributed by atoms with Gasteiger partial charge in [-0.25, -0.2) is 0 Å². The minimum atomic E-state index is 0.278. The third-order valence-corrected chi connectivity index (χ3v) is 5.02. The minimum absolute atomic E-state index is 0.278. The number of rotatable bonds is 5. The molecule has 1 saturated heterocycles. The molecule has 2 N–H and O–H groups in total. The van der Waals surface area contributed by atoms with E-state index in [1.54, 1.807) is 0 Å². The molecule has 0 radical (unpaired) electrons. The first-order valence-electron chi connectivity index (χ1n) is 7.53. The van der Waals surface area contributed by atoms with Crippen LogP contribution < -0.4 is 5.73 Å². The Kier molecular flexibility index (Phi) is 6.16. The van der Waals surface area contributed by atoms with E-state index in [4.69, 9.17) is 28.9 Å². The number of nitrogens with zero attached hydrogens (tertiary/aromatic N) is 1.